The molecule has 0 N–H and O–H groups in total. The number of rotatable bonds is 4. The summed E-state index contributed by atoms with van der Waals surface area (Å²) in [6.07, 6.45) is 0.980. The number of aryl methyl sites for hydroxylation is 1. The highest BCUT2D eigenvalue weighted by Crippen LogP contribution is 2.46. The van der Waals surface area contributed by atoms with Gasteiger partial charge in [0.15, 0.2) is 0 Å². The Balaban J connectivity index is 0.00000245. The molecule has 4 nitrogen and oxygen atoms in total. The van der Waals surface area contributed by atoms with Crippen molar-refractivity contribution in [2.45, 2.75) is 31.9 Å². The van der Waals surface area contributed by atoms with E-state index in [-0.39, 0.29) is 24.4 Å². The molecule has 2 aliphatic rings. The number of amides is 1. The zero-order valence-corrected chi connectivity index (χ0v) is 19.3. The molecule has 0 bridgehead atoms. The van der Waals surface area contributed by atoms with Gasteiger partial charge in [-0.05, 0) is 56.3 Å². The monoisotopic (exact) mass is 448 g/mol. The third-order valence-corrected chi connectivity index (χ3v) is 6.53. The average molecular weight is 449 g/mol. The number of likely N-dealkylation sites (N-methyl/N-ethyl adjacent to an activating group) is 1. The molecular formula is C27H29ClN2O2. The quantitative estimate of drug-likeness (QED) is 0.532. The van der Waals surface area contributed by atoms with E-state index >= 15 is 0 Å². The summed E-state index contributed by atoms with van der Waals surface area (Å²) in [6.45, 7) is 4.55. The number of hydrogen-bond acceptors (Lipinski definition) is 3. The van der Waals surface area contributed by atoms with Gasteiger partial charge in [0.25, 0.3) is 5.91 Å². The van der Waals surface area contributed by atoms with E-state index in [0.717, 1.165) is 30.8 Å². The Morgan fingerprint density at radius 2 is 1.78 bits per heavy atom. The Kier molecular flexibility index (Phi) is 6.54. The first-order valence-electron chi connectivity index (χ1n) is 11.0. The number of carbonyl (C=O) groups excluding carboxylic acids is 1. The Morgan fingerprint density at radius 1 is 1.03 bits per heavy atom. The number of ether oxygens (including phenoxy) is 1. The molecule has 1 amide bonds. The number of anilines is 1. The van der Waals surface area contributed by atoms with Crippen LogP contribution >= 0.6 is 12.4 Å². The molecule has 2 atom stereocenters. The topological polar surface area (TPSA) is 32.8 Å². The molecule has 0 saturated carbocycles. The van der Waals surface area contributed by atoms with Crippen molar-refractivity contribution in [1.82, 2.24) is 4.90 Å². The van der Waals surface area contributed by atoms with Crippen molar-refractivity contribution < 1.29 is 9.53 Å². The van der Waals surface area contributed by atoms with Crippen molar-refractivity contribution in [2.75, 3.05) is 25.0 Å². The van der Waals surface area contributed by atoms with E-state index in [0.29, 0.717) is 23.8 Å². The molecule has 0 spiro atoms. The molecule has 0 radical (unpaired) electrons. The highest BCUT2D eigenvalue weighted by molar-refractivity contribution is 6.09. The third-order valence-electron chi connectivity index (χ3n) is 6.53. The number of halogens is 1. The van der Waals surface area contributed by atoms with Crippen LogP contribution in [0.1, 0.15) is 39.4 Å². The van der Waals surface area contributed by atoms with Crippen LogP contribution in [0.2, 0.25) is 0 Å². The lowest BCUT2D eigenvalue weighted by atomic mass is 9.88. The Morgan fingerprint density at radius 3 is 2.59 bits per heavy atom. The summed E-state index contributed by atoms with van der Waals surface area (Å²) >= 11 is 0. The maximum absolute atomic E-state index is 13.9. The summed E-state index contributed by atoms with van der Waals surface area (Å²) in [7, 11) is 2.17. The molecule has 5 rings (SSSR count). The van der Waals surface area contributed by atoms with E-state index in [4.69, 9.17) is 4.74 Å². The van der Waals surface area contributed by atoms with E-state index in [1.54, 1.807) is 0 Å². The molecule has 1 saturated heterocycles. The minimum atomic E-state index is 0. The summed E-state index contributed by atoms with van der Waals surface area (Å²) in [5, 5.41) is 0. The molecule has 5 heteroatoms. The minimum Gasteiger partial charge on any atom is -0.488 e. The number of likely N-dealkylation sites (tertiary alicyclic amines) is 1. The van der Waals surface area contributed by atoms with Gasteiger partial charge in [-0.25, -0.2) is 0 Å². The molecule has 3 aromatic carbocycles. The molecule has 2 aliphatic heterocycles. The number of piperidine rings is 1. The van der Waals surface area contributed by atoms with Crippen LogP contribution in [-0.4, -0.2) is 37.0 Å². The maximum Gasteiger partial charge on any atom is 0.262 e. The van der Waals surface area contributed by atoms with Gasteiger partial charge in [0.1, 0.15) is 12.4 Å². The summed E-state index contributed by atoms with van der Waals surface area (Å²) in [6, 6.07) is 24.4. The number of carbonyl (C=O) groups is 1. The van der Waals surface area contributed by atoms with Gasteiger partial charge in [-0.1, -0.05) is 60.2 Å². The Bertz CT molecular complexity index is 1100. The second-order valence-corrected chi connectivity index (χ2v) is 8.73. The van der Waals surface area contributed by atoms with Crippen molar-refractivity contribution in [3.05, 3.63) is 95.1 Å². The highest BCUT2D eigenvalue weighted by atomic mass is 35.5. The number of para-hydroxylation sites is 1. The molecule has 2 unspecified atom stereocenters. The molecule has 32 heavy (non-hydrogen) atoms. The fourth-order valence-electron chi connectivity index (χ4n) is 4.98. The fourth-order valence-corrected chi connectivity index (χ4v) is 4.98. The zero-order valence-electron chi connectivity index (χ0n) is 18.5. The van der Waals surface area contributed by atoms with Gasteiger partial charge in [-0.15, -0.1) is 12.4 Å². The molecule has 2 heterocycles. The first-order valence-corrected chi connectivity index (χ1v) is 11.0. The van der Waals surface area contributed by atoms with E-state index in [2.05, 4.69) is 37.1 Å². The normalized spacial score (nSPS) is 19.6. The fraction of sp³-hybridized carbons (Fsp3) is 0.296. The minimum absolute atomic E-state index is 0. The summed E-state index contributed by atoms with van der Waals surface area (Å²) < 4.78 is 6.11. The largest absolute Gasteiger partial charge is 0.488 e. The lowest BCUT2D eigenvalue weighted by molar-refractivity contribution is 0.0960. The maximum atomic E-state index is 13.9. The van der Waals surface area contributed by atoms with Crippen molar-refractivity contribution in [1.29, 1.82) is 0 Å². The average Bonchev–Trinajstić information content (AvgIpc) is 3.11. The molecular weight excluding hydrogens is 420 g/mol. The van der Waals surface area contributed by atoms with Crippen molar-refractivity contribution in [3.8, 4) is 5.75 Å². The Labute approximate surface area is 196 Å². The first kappa shape index (κ1) is 22.4. The van der Waals surface area contributed by atoms with Gasteiger partial charge in [0.05, 0.1) is 5.56 Å². The lowest BCUT2D eigenvalue weighted by Gasteiger charge is -2.36. The number of fused-ring (bicyclic) bond motifs is 3. The summed E-state index contributed by atoms with van der Waals surface area (Å²) in [5.74, 6) is 1.03. The van der Waals surface area contributed by atoms with Crippen molar-refractivity contribution in [2.24, 2.45) is 0 Å². The number of benzene rings is 3. The number of hydrogen-bond donors (Lipinski definition) is 0. The van der Waals surface area contributed by atoms with Crippen molar-refractivity contribution in [3.63, 3.8) is 0 Å². The van der Waals surface area contributed by atoms with Gasteiger partial charge in [-0.2, -0.15) is 0 Å². The second kappa shape index (κ2) is 9.35. The third kappa shape index (κ3) is 4.13. The van der Waals surface area contributed by atoms with Crippen LogP contribution in [0.15, 0.2) is 72.8 Å². The second-order valence-electron chi connectivity index (χ2n) is 8.73. The highest BCUT2D eigenvalue weighted by Gasteiger charge is 2.44. The summed E-state index contributed by atoms with van der Waals surface area (Å²) in [4.78, 5) is 18.3. The van der Waals surface area contributed by atoms with Crippen LogP contribution in [0.4, 0.5) is 5.69 Å². The zero-order chi connectivity index (χ0) is 21.4. The SMILES string of the molecule is Cc1ccc2c(c1)C1CN(C)CCC1N2C(=O)c1ccccc1OCc1ccccc1.Cl. The van der Waals surface area contributed by atoms with Crippen LogP contribution in [0, 0.1) is 6.92 Å². The smallest absolute Gasteiger partial charge is 0.262 e. The van der Waals surface area contributed by atoms with Gasteiger partial charge >= 0.3 is 0 Å². The van der Waals surface area contributed by atoms with Crippen LogP contribution in [-0.2, 0) is 6.61 Å². The standard InChI is InChI=1S/C27H28N2O2.ClH/c1-19-12-13-24-22(16-19)23-17-28(2)15-14-25(23)29(24)27(30)21-10-6-7-11-26(21)31-18-20-8-4-3-5-9-20;/h3-13,16,23,25H,14-15,17-18H2,1-2H3;1H. The van der Waals surface area contributed by atoms with Gasteiger partial charge < -0.3 is 14.5 Å². The van der Waals surface area contributed by atoms with Gasteiger partial charge in [0.2, 0.25) is 0 Å². The predicted molar refractivity (Wildman–Crippen MR) is 131 cm³/mol. The first-order chi connectivity index (χ1) is 15.1. The molecule has 1 fully saturated rings. The summed E-state index contributed by atoms with van der Waals surface area (Å²) in [5.41, 5.74) is 5.31. The van der Waals surface area contributed by atoms with Crippen LogP contribution in [0.3, 0.4) is 0 Å². The van der Waals surface area contributed by atoms with E-state index < -0.39 is 0 Å². The molecule has 3 aromatic rings. The molecule has 166 valence electrons. The van der Waals surface area contributed by atoms with Crippen molar-refractivity contribution >= 4 is 24.0 Å². The lowest BCUT2D eigenvalue weighted by Crippen LogP contribution is -2.47. The van der Waals surface area contributed by atoms with E-state index in [1.165, 1.54) is 11.1 Å². The number of nitrogens with zero attached hydrogens (tertiary/aromatic N) is 2. The molecule has 0 aromatic heterocycles. The van der Waals surface area contributed by atoms with E-state index in [1.807, 2.05) is 59.5 Å². The van der Waals surface area contributed by atoms with Gasteiger partial charge in [-0.3, -0.25) is 4.79 Å². The van der Waals surface area contributed by atoms with Crippen LogP contribution < -0.4 is 9.64 Å². The van der Waals surface area contributed by atoms with Crippen LogP contribution in [0.25, 0.3) is 0 Å². The van der Waals surface area contributed by atoms with Crippen LogP contribution in [0.5, 0.6) is 5.75 Å². The predicted octanol–water partition coefficient (Wildman–Crippen LogP) is 5.44. The van der Waals surface area contributed by atoms with E-state index in [9.17, 15) is 4.79 Å². The molecule has 0 aliphatic carbocycles. The van der Waals surface area contributed by atoms with Gasteiger partial charge in [0, 0.05) is 24.2 Å². The Hall–Kier alpha value is -2.82.